The molecule has 3 heterocycles. The molecular formula is C23H29N3O4S. The lowest BCUT2D eigenvalue weighted by molar-refractivity contribution is -0.131. The first-order valence-electron chi connectivity index (χ1n) is 10.5. The maximum atomic E-state index is 13.2. The molecule has 1 atom stereocenters. The molecule has 0 spiro atoms. The summed E-state index contributed by atoms with van der Waals surface area (Å²) in [6, 6.07) is 1.64. The quantitative estimate of drug-likeness (QED) is 0.773. The number of fused-ring (bicyclic) bond motifs is 2. The summed E-state index contributed by atoms with van der Waals surface area (Å²) in [4.78, 5) is 28.1. The van der Waals surface area contributed by atoms with E-state index in [-0.39, 0.29) is 28.7 Å². The van der Waals surface area contributed by atoms with Crippen molar-refractivity contribution in [1.29, 1.82) is 0 Å². The monoisotopic (exact) mass is 443 g/mol. The number of hydrogen-bond acceptors (Lipinski definition) is 5. The van der Waals surface area contributed by atoms with E-state index in [1.165, 1.54) is 10.8 Å². The summed E-state index contributed by atoms with van der Waals surface area (Å²) in [6.45, 7) is 6.72. The number of sulfone groups is 1. The summed E-state index contributed by atoms with van der Waals surface area (Å²) < 4.78 is 25.9. The van der Waals surface area contributed by atoms with Crippen LogP contribution in [-0.2, 0) is 21.7 Å². The van der Waals surface area contributed by atoms with Crippen LogP contribution in [0.4, 0.5) is 0 Å². The Morgan fingerprint density at radius 2 is 2.00 bits per heavy atom. The van der Waals surface area contributed by atoms with Gasteiger partial charge in [0, 0.05) is 44.2 Å². The summed E-state index contributed by atoms with van der Waals surface area (Å²) in [6.07, 6.45) is 7.66. The number of aryl methyl sites for hydroxylation is 1. The Hall–Kier alpha value is -2.61. The molecule has 7 nitrogen and oxygen atoms in total. The van der Waals surface area contributed by atoms with Gasteiger partial charge in [-0.25, -0.2) is 8.42 Å². The fourth-order valence-electron chi connectivity index (χ4n) is 4.60. The van der Waals surface area contributed by atoms with Gasteiger partial charge >= 0.3 is 0 Å². The number of amides is 1. The Bertz CT molecular complexity index is 1230. The van der Waals surface area contributed by atoms with Crippen molar-refractivity contribution in [1.82, 2.24) is 14.8 Å². The molecule has 0 fully saturated rings. The molecule has 1 aromatic heterocycles. The summed E-state index contributed by atoms with van der Waals surface area (Å²) in [5.41, 5.74) is 3.76. The molecule has 31 heavy (non-hydrogen) atoms. The minimum atomic E-state index is -3.33. The lowest BCUT2D eigenvalue weighted by atomic mass is 9.90. The van der Waals surface area contributed by atoms with Crippen molar-refractivity contribution in [3.05, 3.63) is 57.2 Å². The number of rotatable bonds is 3. The van der Waals surface area contributed by atoms with Crippen molar-refractivity contribution in [2.24, 2.45) is 12.5 Å². The third-order valence-electron chi connectivity index (χ3n) is 5.83. The van der Waals surface area contributed by atoms with E-state index in [2.05, 4.69) is 5.32 Å². The van der Waals surface area contributed by atoms with Crippen molar-refractivity contribution >= 4 is 27.0 Å². The van der Waals surface area contributed by atoms with E-state index >= 15 is 0 Å². The Labute approximate surface area is 183 Å². The Morgan fingerprint density at radius 1 is 1.29 bits per heavy atom. The smallest absolute Gasteiger partial charge is 0.260 e. The zero-order chi connectivity index (χ0) is 22.7. The lowest BCUT2D eigenvalue weighted by Crippen LogP contribution is -2.41. The molecule has 1 amide bonds. The zero-order valence-electron chi connectivity index (χ0n) is 18.7. The van der Waals surface area contributed by atoms with E-state index in [0.717, 1.165) is 17.6 Å². The third-order valence-corrected chi connectivity index (χ3v) is 6.66. The zero-order valence-corrected chi connectivity index (χ0v) is 19.5. The van der Waals surface area contributed by atoms with Crippen LogP contribution in [0.2, 0.25) is 0 Å². The molecule has 0 radical (unpaired) electrons. The summed E-state index contributed by atoms with van der Waals surface area (Å²) in [7, 11) is -1.65. The minimum Gasteiger partial charge on any atom is -0.384 e. The average molecular weight is 444 g/mol. The van der Waals surface area contributed by atoms with E-state index in [4.69, 9.17) is 0 Å². The summed E-state index contributed by atoms with van der Waals surface area (Å²) in [5, 5.41) is 3.38. The molecule has 0 saturated heterocycles. The van der Waals surface area contributed by atoms with E-state index in [0.29, 0.717) is 35.4 Å². The van der Waals surface area contributed by atoms with E-state index in [9.17, 15) is 18.0 Å². The maximum Gasteiger partial charge on any atom is 0.260 e. The molecule has 1 aromatic rings. The fraction of sp³-hybridized carbons (Fsp3) is 0.478. The van der Waals surface area contributed by atoms with Crippen LogP contribution in [-0.4, -0.2) is 48.4 Å². The first kappa shape index (κ1) is 21.6. The predicted octanol–water partition coefficient (Wildman–Crippen LogP) is 2.06. The molecule has 0 saturated carbocycles. The summed E-state index contributed by atoms with van der Waals surface area (Å²) in [5.74, 6) is -0.142. The Balaban J connectivity index is 1.94. The largest absolute Gasteiger partial charge is 0.384 e. The standard InChI is InChI=1S/C23H29N3O4S/c1-23(2,3)11-18(27)26-12-14-10-15(13-31(5,29)30)16-7-9-25(4)22(28)20(16)21-19(14)17(26)6-8-24-21/h7,9-10,12,17,24H,6,8,11,13H2,1-5H3. The van der Waals surface area contributed by atoms with Gasteiger partial charge in [0.05, 0.1) is 23.1 Å². The second-order valence-corrected chi connectivity index (χ2v) is 12.0. The van der Waals surface area contributed by atoms with Crippen LogP contribution >= 0.6 is 0 Å². The maximum absolute atomic E-state index is 13.2. The van der Waals surface area contributed by atoms with Crippen LogP contribution in [0.5, 0.6) is 0 Å². The molecule has 1 aliphatic carbocycles. The molecular weight excluding hydrogens is 414 g/mol. The highest BCUT2D eigenvalue weighted by Crippen LogP contribution is 2.43. The van der Waals surface area contributed by atoms with Crippen LogP contribution in [0.25, 0.3) is 11.3 Å². The van der Waals surface area contributed by atoms with Crippen LogP contribution < -0.4 is 10.9 Å². The number of nitrogens with zero attached hydrogens (tertiary/aromatic N) is 2. The average Bonchev–Trinajstić information content (AvgIpc) is 2.93. The number of hydrogen-bond donors (Lipinski definition) is 1. The topological polar surface area (TPSA) is 88.5 Å². The van der Waals surface area contributed by atoms with Crippen LogP contribution in [0.1, 0.15) is 44.7 Å². The first-order chi connectivity index (χ1) is 14.4. The van der Waals surface area contributed by atoms with Gasteiger partial charge in [-0.3, -0.25) is 9.59 Å². The van der Waals surface area contributed by atoms with Gasteiger partial charge in [-0.15, -0.1) is 0 Å². The van der Waals surface area contributed by atoms with Gasteiger partial charge in [-0.1, -0.05) is 20.8 Å². The lowest BCUT2D eigenvalue weighted by Gasteiger charge is -2.32. The molecule has 2 aliphatic heterocycles. The van der Waals surface area contributed by atoms with Crippen molar-refractivity contribution in [2.45, 2.75) is 39.7 Å². The highest BCUT2D eigenvalue weighted by Gasteiger charge is 2.40. The highest BCUT2D eigenvalue weighted by molar-refractivity contribution is 7.91. The van der Waals surface area contributed by atoms with Crippen LogP contribution in [0.3, 0.4) is 0 Å². The third kappa shape index (κ3) is 4.01. The molecule has 0 bridgehead atoms. The number of nitrogens with one attached hydrogen (secondary N) is 1. The number of carbonyl (C=O) groups is 1. The molecule has 8 heteroatoms. The molecule has 1 N–H and O–H groups in total. The van der Waals surface area contributed by atoms with Crippen LogP contribution in [0.15, 0.2) is 40.5 Å². The van der Waals surface area contributed by atoms with Crippen molar-refractivity contribution in [3.63, 3.8) is 0 Å². The van der Waals surface area contributed by atoms with E-state index in [1.54, 1.807) is 24.2 Å². The van der Waals surface area contributed by atoms with Gasteiger partial charge in [0.2, 0.25) is 5.91 Å². The van der Waals surface area contributed by atoms with Crippen LogP contribution in [0, 0.1) is 5.41 Å². The van der Waals surface area contributed by atoms with E-state index < -0.39 is 9.84 Å². The predicted molar refractivity (Wildman–Crippen MR) is 122 cm³/mol. The Morgan fingerprint density at radius 3 is 2.65 bits per heavy atom. The van der Waals surface area contributed by atoms with Gasteiger partial charge in [0.25, 0.3) is 5.56 Å². The number of aromatic nitrogens is 1. The SMILES string of the molecule is Cn1ccc2c(c1=O)C1=C3C(=CN(C(=O)CC(C)(C)C)C3CCN1)C=C2CS(C)(=O)=O. The van der Waals surface area contributed by atoms with E-state index in [1.807, 2.05) is 33.0 Å². The van der Waals surface area contributed by atoms with Crippen molar-refractivity contribution < 1.29 is 13.2 Å². The summed E-state index contributed by atoms with van der Waals surface area (Å²) >= 11 is 0. The molecule has 3 aliphatic rings. The van der Waals surface area contributed by atoms with Gasteiger partial charge < -0.3 is 14.8 Å². The second kappa shape index (κ2) is 7.22. The minimum absolute atomic E-state index is 0.0334. The normalized spacial score (nSPS) is 20.4. The molecule has 166 valence electrons. The van der Waals surface area contributed by atoms with Gasteiger partial charge in [-0.05, 0) is 40.7 Å². The molecule has 1 unspecified atom stereocenters. The highest BCUT2D eigenvalue weighted by atomic mass is 32.2. The number of pyridine rings is 1. The van der Waals surface area contributed by atoms with Gasteiger partial charge in [-0.2, -0.15) is 0 Å². The molecule has 0 aromatic carbocycles. The first-order valence-corrected chi connectivity index (χ1v) is 12.5. The van der Waals surface area contributed by atoms with Crippen molar-refractivity contribution in [2.75, 3.05) is 18.6 Å². The fourth-order valence-corrected chi connectivity index (χ4v) is 5.40. The number of allylic oxidation sites excluding steroid dienone is 1. The Kier molecular flexibility index (Phi) is 5.04. The molecule has 4 rings (SSSR count). The van der Waals surface area contributed by atoms with Crippen molar-refractivity contribution in [3.8, 4) is 0 Å². The van der Waals surface area contributed by atoms with Gasteiger partial charge in [0.1, 0.15) is 0 Å². The van der Waals surface area contributed by atoms with Gasteiger partial charge in [0.15, 0.2) is 9.84 Å². The second-order valence-electron chi connectivity index (χ2n) is 9.90. The number of carbonyl (C=O) groups excluding carboxylic acids is 1.